The average Bonchev–Trinajstić information content (AvgIpc) is 3.00. The molecule has 1 heterocycles. The number of rotatable bonds is 5. The Balaban J connectivity index is 1.59. The molecular weight excluding hydrogens is 412 g/mol. The number of urea groups is 1. The maximum absolute atomic E-state index is 13.0. The van der Waals surface area contributed by atoms with Gasteiger partial charge in [-0.25, -0.2) is 4.79 Å². The second-order valence-corrected chi connectivity index (χ2v) is 8.44. The molecule has 6 nitrogen and oxygen atoms in total. The highest BCUT2D eigenvalue weighted by Gasteiger charge is 2.23. The van der Waals surface area contributed by atoms with Crippen molar-refractivity contribution >= 4 is 34.9 Å². The van der Waals surface area contributed by atoms with Crippen molar-refractivity contribution < 1.29 is 9.59 Å². The molecule has 31 heavy (non-hydrogen) atoms. The fourth-order valence-electron chi connectivity index (χ4n) is 3.92. The van der Waals surface area contributed by atoms with Crippen LogP contribution in [0.1, 0.15) is 37.6 Å². The van der Waals surface area contributed by atoms with Crippen molar-refractivity contribution in [3.05, 3.63) is 59.1 Å². The summed E-state index contributed by atoms with van der Waals surface area (Å²) in [6.07, 6.45) is 0.740. The Labute approximate surface area is 189 Å². The van der Waals surface area contributed by atoms with Crippen LogP contribution < -0.4 is 10.2 Å². The third-order valence-corrected chi connectivity index (χ3v) is 5.79. The lowest BCUT2D eigenvalue weighted by Gasteiger charge is -2.28. The highest BCUT2D eigenvalue weighted by Crippen LogP contribution is 2.20. The molecule has 0 unspecified atom stereocenters. The summed E-state index contributed by atoms with van der Waals surface area (Å²) >= 11 is 5.99. The molecule has 0 radical (unpaired) electrons. The van der Waals surface area contributed by atoms with E-state index in [4.69, 9.17) is 11.6 Å². The molecule has 0 saturated carbocycles. The number of amides is 3. The van der Waals surface area contributed by atoms with E-state index in [9.17, 15) is 9.59 Å². The summed E-state index contributed by atoms with van der Waals surface area (Å²) in [5.41, 5.74) is 2.46. The van der Waals surface area contributed by atoms with E-state index in [1.54, 1.807) is 29.2 Å². The maximum atomic E-state index is 13.0. The van der Waals surface area contributed by atoms with Gasteiger partial charge in [0, 0.05) is 60.7 Å². The lowest BCUT2D eigenvalue weighted by molar-refractivity contribution is 0.0762. The Morgan fingerprint density at radius 3 is 2.35 bits per heavy atom. The van der Waals surface area contributed by atoms with Crippen molar-refractivity contribution in [1.82, 2.24) is 9.80 Å². The average molecular weight is 443 g/mol. The van der Waals surface area contributed by atoms with E-state index in [2.05, 4.69) is 31.0 Å². The lowest BCUT2D eigenvalue weighted by atomic mass is 10.1. The number of nitrogens with one attached hydrogen (secondary N) is 1. The molecule has 2 aromatic rings. The van der Waals surface area contributed by atoms with Gasteiger partial charge in [0.15, 0.2) is 0 Å². The minimum absolute atomic E-state index is 0.0104. The SMILES string of the molecule is CCN(c1ccc(C(=O)N2CCCN(C(=O)Nc3cccc(Cl)c3)CC2)cc1)C(C)C. The zero-order valence-corrected chi connectivity index (χ0v) is 19.2. The highest BCUT2D eigenvalue weighted by molar-refractivity contribution is 6.30. The van der Waals surface area contributed by atoms with Crippen LogP contribution in [0.25, 0.3) is 0 Å². The molecule has 1 saturated heterocycles. The molecule has 1 fully saturated rings. The van der Waals surface area contributed by atoms with Gasteiger partial charge in [0.05, 0.1) is 0 Å². The largest absolute Gasteiger partial charge is 0.369 e. The molecule has 0 atom stereocenters. The normalized spacial score (nSPS) is 14.4. The van der Waals surface area contributed by atoms with E-state index < -0.39 is 0 Å². The molecule has 0 spiro atoms. The minimum atomic E-state index is -0.172. The first-order valence-electron chi connectivity index (χ1n) is 10.9. The summed E-state index contributed by atoms with van der Waals surface area (Å²) < 4.78 is 0. The van der Waals surface area contributed by atoms with Gasteiger partial charge in [-0.1, -0.05) is 17.7 Å². The number of benzene rings is 2. The van der Waals surface area contributed by atoms with Crippen LogP contribution >= 0.6 is 11.6 Å². The second kappa shape index (κ2) is 10.5. The molecule has 3 rings (SSSR count). The topological polar surface area (TPSA) is 55.9 Å². The van der Waals surface area contributed by atoms with Crippen LogP contribution in [0.5, 0.6) is 0 Å². The van der Waals surface area contributed by atoms with Crippen molar-refractivity contribution in [1.29, 1.82) is 0 Å². The third kappa shape index (κ3) is 5.91. The van der Waals surface area contributed by atoms with Crippen LogP contribution in [0.2, 0.25) is 5.02 Å². The number of hydrogen-bond donors (Lipinski definition) is 1. The van der Waals surface area contributed by atoms with Gasteiger partial charge in [0.2, 0.25) is 0 Å². The van der Waals surface area contributed by atoms with Gasteiger partial charge >= 0.3 is 6.03 Å². The van der Waals surface area contributed by atoms with Crippen molar-refractivity contribution in [2.24, 2.45) is 0 Å². The van der Waals surface area contributed by atoms with Gasteiger partial charge in [-0.15, -0.1) is 0 Å². The molecule has 0 aromatic heterocycles. The molecule has 1 aliphatic rings. The zero-order chi connectivity index (χ0) is 22.4. The fourth-order valence-corrected chi connectivity index (χ4v) is 4.11. The Morgan fingerprint density at radius 2 is 1.71 bits per heavy atom. The first-order valence-corrected chi connectivity index (χ1v) is 11.2. The summed E-state index contributed by atoms with van der Waals surface area (Å²) in [4.78, 5) is 31.5. The van der Waals surface area contributed by atoms with Crippen LogP contribution in [-0.4, -0.2) is 60.5 Å². The number of carbonyl (C=O) groups is 2. The standard InChI is InChI=1S/C24H31ClN4O2/c1-4-29(18(2)3)22-11-9-19(10-12-22)23(30)27-13-6-14-28(16-15-27)24(31)26-21-8-5-7-20(25)17-21/h5,7-12,17-18H,4,6,13-16H2,1-3H3,(H,26,31). The monoisotopic (exact) mass is 442 g/mol. The number of anilines is 2. The van der Waals surface area contributed by atoms with Crippen LogP contribution in [0.4, 0.5) is 16.2 Å². The Morgan fingerprint density at radius 1 is 1.03 bits per heavy atom. The van der Waals surface area contributed by atoms with E-state index in [1.807, 2.05) is 29.2 Å². The van der Waals surface area contributed by atoms with Crippen molar-refractivity contribution in [3.8, 4) is 0 Å². The van der Waals surface area contributed by atoms with Crippen molar-refractivity contribution in [2.75, 3.05) is 42.9 Å². The van der Waals surface area contributed by atoms with Gasteiger partial charge in [0.25, 0.3) is 5.91 Å². The van der Waals surface area contributed by atoms with E-state index in [0.29, 0.717) is 48.5 Å². The van der Waals surface area contributed by atoms with Gasteiger partial charge < -0.3 is 20.0 Å². The van der Waals surface area contributed by atoms with E-state index in [0.717, 1.165) is 18.7 Å². The molecule has 7 heteroatoms. The smallest absolute Gasteiger partial charge is 0.321 e. The third-order valence-electron chi connectivity index (χ3n) is 5.56. The highest BCUT2D eigenvalue weighted by atomic mass is 35.5. The van der Waals surface area contributed by atoms with Gasteiger partial charge in [-0.05, 0) is 69.7 Å². The summed E-state index contributed by atoms with van der Waals surface area (Å²) in [6, 6.07) is 15.1. The molecule has 3 amide bonds. The summed E-state index contributed by atoms with van der Waals surface area (Å²) in [7, 11) is 0. The van der Waals surface area contributed by atoms with Crippen molar-refractivity contribution in [3.63, 3.8) is 0 Å². The molecule has 0 aliphatic carbocycles. The minimum Gasteiger partial charge on any atom is -0.369 e. The lowest BCUT2D eigenvalue weighted by Crippen LogP contribution is -2.39. The number of nitrogens with zero attached hydrogens (tertiary/aromatic N) is 3. The molecule has 0 bridgehead atoms. The van der Waals surface area contributed by atoms with Crippen LogP contribution in [0, 0.1) is 0 Å². The number of hydrogen-bond acceptors (Lipinski definition) is 3. The predicted molar refractivity (Wildman–Crippen MR) is 127 cm³/mol. The predicted octanol–water partition coefficient (Wildman–Crippen LogP) is 4.95. The van der Waals surface area contributed by atoms with Gasteiger partial charge in [-0.3, -0.25) is 4.79 Å². The van der Waals surface area contributed by atoms with Crippen molar-refractivity contribution in [2.45, 2.75) is 33.2 Å². The summed E-state index contributed by atoms with van der Waals surface area (Å²) in [5, 5.41) is 3.46. The first-order chi connectivity index (χ1) is 14.9. The summed E-state index contributed by atoms with van der Waals surface area (Å²) in [5.74, 6) is 0.0104. The van der Waals surface area contributed by atoms with Crippen LogP contribution in [0.15, 0.2) is 48.5 Å². The molecular formula is C24H31ClN4O2. The van der Waals surface area contributed by atoms with Gasteiger partial charge in [-0.2, -0.15) is 0 Å². The van der Waals surface area contributed by atoms with E-state index in [1.165, 1.54) is 0 Å². The number of carbonyl (C=O) groups excluding carboxylic acids is 2. The van der Waals surface area contributed by atoms with E-state index in [-0.39, 0.29) is 11.9 Å². The second-order valence-electron chi connectivity index (χ2n) is 8.00. The van der Waals surface area contributed by atoms with E-state index >= 15 is 0 Å². The molecule has 1 N–H and O–H groups in total. The molecule has 2 aromatic carbocycles. The molecule has 1 aliphatic heterocycles. The fraction of sp³-hybridized carbons (Fsp3) is 0.417. The molecule has 166 valence electrons. The summed E-state index contributed by atoms with van der Waals surface area (Å²) in [6.45, 7) is 9.62. The Kier molecular flexibility index (Phi) is 7.80. The maximum Gasteiger partial charge on any atom is 0.321 e. The number of halogens is 1. The quantitative estimate of drug-likeness (QED) is 0.712. The Hall–Kier alpha value is -2.73. The Bertz CT molecular complexity index is 901. The zero-order valence-electron chi connectivity index (χ0n) is 18.5. The van der Waals surface area contributed by atoms with Crippen LogP contribution in [-0.2, 0) is 0 Å². The first kappa shape index (κ1) is 22.9. The van der Waals surface area contributed by atoms with Crippen LogP contribution in [0.3, 0.4) is 0 Å². The van der Waals surface area contributed by atoms with Gasteiger partial charge in [0.1, 0.15) is 0 Å².